The predicted octanol–water partition coefficient (Wildman–Crippen LogP) is 3.90. The van der Waals surface area contributed by atoms with E-state index in [9.17, 15) is 4.79 Å². The van der Waals surface area contributed by atoms with Crippen LogP contribution < -0.4 is 11.1 Å². The Morgan fingerprint density at radius 1 is 1.17 bits per heavy atom. The van der Waals surface area contributed by atoms with Crippen LogP contribution in [0.1, 0.15) is 39.8 Å². The molecule has 0 aliphatic rings. The monoisotopic (exact) mass is 420 g/mol. The summed E-state index contributed by atoms with van der Waals surface area (Å²) >= 11 is 6.03. The van der Waals surface area contributed by atoms with Gasteiger partial charge in [0, 0.05) is 16.6 Å². The van der Waals surface area contributed by atoms with Gasteiger partial charge in [-0.3, -0.25) is 4.79 Å². The fourth-order valence-electron chi connectivity index (χ4n) is 3.98. The number of halogens is 1. The minimum Gasteiger partial charge on any atom is -0.384 e. The van der Waals surface area contributed by atoms with E-state index in [0.29, 0.717) is 16.7 Å². The Labute approximate surface area is 178 Å². The van der Waals surface area contributed by atoms with Crippen LogP contribution >= 0.6 is 11.6 Å². The van der Waals surface area contributed by atoms with E-state index in [1.165, 1.54) is 12.5 Å². The SMILES string of the molecule is Cc1cc(N)nc(C)c1C(C)(NC(=O)c1cnc[nH]1)c1ccc2nc(Cl)ccc2c1. The summed E-state index contributed by atoms with van der Waals surface area (Å²) in [5.74, 6) is 0.160. The molecule has 0 saturated heterocycles. The van der Waals surface area contributed by atoms with Crippen molar-refractivity contribution in [1.29, 1.82) is 0 Å². The zero-order chi connectivity index (χ0) is 21.5. The van der Waals surface area contributed by atoms with Crippen LogP contribution in [0, 0.1) is 13.8 Å². The largest absolute Gasteiger partial charge is 0.384 e. The van der Waals surface area contributed by atoms with Crippen molar-refractivity contribution in [2.24, 2.45) is 0 Å². The lowest BCUT2D eigenvalue weighted by atomic mass is 9.80. The van der Waals surface area contributed by atoms with E-state index in [1.807, 2.05) is 51.1 Å². The summed E-state index contributed by atoms with van der Waals surface area (Å²) < 4.78 is 0. The molecule has 0 radical (unpaired) electrons. The van der Waals surface area contributed by atoms with Gasteiger partial charge >= 0.3 is 0 Å². The van der Waals surface area contributed by atoms with E-state index < -0.39 is 5.54 Å². The van der Waals surface area contributed by atoms with Crippen molar-refractivity contribution in [1.82, 2.24) is 25.3 Å². The number of imidazole rings is 1. The number of rotatable bonds is 4. The normalized spacial score (nSPS) is 13.2. The number of fused-ring (bicyclic) bond motifs is 1. The third kappa shape index (κ3) is 3.48. The molecule has 3 aromatic heterocycles. The number of nitrogen functional groups attached to an aromatic ring is 1. The summed E-state index contributed by atoms with van der Waals surface area (Å²) in [6, 6.07) is 11.3. The van der Waals surface area contributed by atoms with Gasteiger partial charge in [-0.25, -0.2) is 15.0 Å². The lowest BCUT2D eigenvalue weighted by molar-refractivity contribution is 0.0914. The number of aromatic nitrogens is 4. The van der Waals surface area contributed by atoms with E-state index >= 15 is 0 Å². The number of carbonyl (C=O) groups is 1. The number of nitrogens with two attached hydrogens (primary N) is 1. The minimum absolute atomic E-state index is 0.278. The van der Waals surface area contributed by atoms with E-state index in [2.05, 4.69) is 25.3 Å². The first kappa shape index (κ1) is 19.8. The smallest absolute Gasteiger partial charge is 0.270 e. The van der Waals surface area contributed by atoms with Crippen molar-refractivity contribution in [3.8, 4) is 0 Å². The lowest BCUT2D eigenvalue weighted by Crippen LogP contribution is -2.45. The molecule has 1 unspecified atom stereocenters. The van der Waals surface area contributed by atoms with E-state index in [4.69, 9.17) is 17.3 Å². The van der Waals surface area contributed by atoms with Gasteiger partial charge in [-0.05, 0) is 62.2 Å². The molecule has 0 fully saturated rings. The lowest BCUT2D eigenvalue weighted by Gasteiger charge is -2.34. The number of pyridine rings is 2. The topological polar surface area (TPSA) is 110 Å². The first-order valence-corrected chi connectivity index (χ1v) is 9.77. The summed E-state index contributed by atoms with van der Waals surface area (Å²) in [6.07, 6.45) is 2.96. The summed E-state index contributed by atoms with van der Waals surface area (Å²) in [5, 5.41) is 4.51. The highest BCUT2D eigenvalue weighted by Gasteiger charge is 2.35. The molecular formula is C22H21ClN6O. The summed E-state index contributed by atoms with van der Waals surface area (Å²) in [7, 11) is 0. The minimum atomic E-state index is -0.884. The number of nitrogens with one attached hydrogen (secondary N) is 2. The Hall–Kier alpha value is -3.45. The van der Waals surface area contributed by atoms with Crippen LogP contribution in [0.3, 0.4) is 0 Å². The molecule has 1 amide bonds. The van der Waals surface area contributed by atoms with Gasteiger partial charge in [-0.15, -0.1) is 0 Å². The molecule has 4 N–H and O–H groups in total. The van der Waals surface area contributed by atoms with E-state index in [0.717, 1.165) is 33.3 Å². The Morgan fingerprint density at radius 2 is 1.97 bits per heavy atom. The maximum atomic E-state index is 13.0. The Bertz CT molecular complexity index is 1230. The first-order valence-electron chi connectivity index (χ1n) is 9.40. The highest BCUT2D eigenvalue weighted by molar-refractivity contribution is 6.29. The van der Waals surface area contributed by atoms with E-state index in [1.54, 1.807) is 6.07 Å². The molecule has 0 bridgehead atoms. The number of H-pyrrole nitrogens is 1. The number of aryl methyl sites for hydroxylation is 2. The molecule has 4 aromatic rings. The molecule has 0 aliphatic heterocycles. The average molecular weight is 421 g/mol. The second-order valence-corrected chi connectivity index (χ2v) is 7.80. The molecule has 0 spiro atoms. The first-order chi connectivity index (χ1) is 14.3. The molecule has 30 heavy (non-hydrogen) atoms. The number of carbonyl (C=O) groups excluding carboxylic acids is 1. The number of hydrogen-bond donors (Lipinski definition) is 3. The van der Waals surface area contributed by atoms with Crippen molar-refractivity contribution in [3.63, 3.8) is 0 Å². The van der Waals surface area contributed by atoms with Gasteiger partial charge < -0.3 is 16.0 Å². The van der Waals surface area contributed by atoms with Gasteiger partial charge in [0.05, 0.1) is 23.6 Å². The number of nitrogens with zero attached hydrogens (tertiary/aromatic N) is 3. The number of anilines is 1. The van der Waals surface area contributed by atoms with Crippen molar-refractivity contribution < 1.29 is 4.79 Å². The van der Waals surface area contributed by atoms with Gasteiger partial charge in [-0.2, -0.15) is 0 Å². The molecule has 1 atom stereocenters. The number of hydrogen-bond acceptors (Lipinski definition) is 5. The molecule has 0 aliphatic carbocycles. The van der Waals surface area contributed by atoms with Crippen LogP contribution in [0.15, 0.2) is 48.9 Å². The van der Waals surface area contributed by atoms with Crippen molar-refractivity contribution >= 4 is 34.2 Å². The van der Waals surface area contributed by atoms with Crippen LogP contribution in [-0.2, 0) is 5.54 Å². The predicted molar refractivity (Wildman–Crippen MR) is 117 cm³/mol. The van der Waals surface area contributed by atoms with Crippen LogP contribution in [0.4, 0.5) is 5.82 Å². The van der Waals surface area contributed by atoms with Crippen molar-refractivity contribution in [2.75, 3.05) is 5.73 Å². The summed E-state index contributed by atoms with van der Waals surface area (Å²) in [4.78, 5) is 28.6. The number of amides is 1. The molecule has 1 aromatic carbocycles. The average Bonchev–Trinajstić information content (AvgIpc) is 3.21. The molecule has 7 nitrogen and oxygen atoms in total. The van der Waals surface area contributed by atoms with Crippen LogP contribution in [0.5, 0.6) is 0 Å². The summed E-state index contributed by atoms with van der Waals surface area (Å²) in [5.41, 5.74) is 9.64. The van der Waals surface area contributed by atoms with Gasteiger partial charge in [0.2, 0.25) is 0 Å². The molecule has 4 rings (SSSR count). The zero-order valence-electron chi connectivity index (χ0n) is 16.8. The third-order valence-corrected chi connectivity index (χ3v) is 5.47. The van der Waals surface area contributed by atoms with E-state index in [-0.39, 0.29) is 5.91 Å². The Balaban J connectivity index is 1.92. The molecule has 152 valence electrons. The van der Waals surface area contributed by atoms with Crippen molar-refractivity contribution in [3.05, 3.63) is 82.2 Å². The Kier molecular flexibility index (Phi) is 4.91. The van der Waals surface area contributed by atoms with Crippen LogP contribution in [0.25, 0.3) is 10.9 Å². The van der Waals surface area contributed by atoms with Crippen LogP contribution in [-0.4, -0.2) is 25.8 Å². The quantitative estimate of drug-likeness (QED) is 0.434. The second kappa shape index (κ2) is 7.42. The number of benzene rings is 1. The zero-order valence-corrected chi connectivity index (χ0v) is 17.6. The molecule has 8 heteroatoms. The van der Waals surface area contributed by atoms with Crippen molar-refractivity contribution in [2.45, 2.75) is 26.3 Å². The van der Waals surface area contributed by atoms with Gasteiger partial charge in [0.1, 0.15) is 16.7 Å². The van der Waals surface area contributed by atoms with Crippen LogP contribution in [0.2, 0.25) is 5.15 Å². The summed E-state index contributed by atoms with van der Waals surface area (Å²) in [6.45, 7) is 5.81. The molecule has 3 heterocycles. The fraction of sp³-hybridized carbons (Fsp3) is 0.182. The molecular weight excluding hydrogens is 400 g/mol. The van der Waals surface area contributed by atoms with Gasteiger partial charge in [0.25, 0.3) is 5.91 Å². The third-order valence-electron chi connectivity index (χ3n) is 5.26. The van der Waals surface area contributed by atoms with Gasteiger partial charge in [-0.1, -0.05) is 17.7 Å². The maximum absolute atomic E-state index is 13.0. The highest BCUT2D eigenvalue weighted by atomic mass is 35.5. The second-order valence-electron chi connectivity index (χ2n) is 7.41. The number of aromatic amines is 1. The highest BCUT2D eigenvalue weighted by Crippen LogP contribution is 2.35. The Morgan fingerprint density at radius 3 is 2.67 bits per heavy atom. The standard InChI is InChI=1S/C22H21ClN6O/c1-12-8-19(24)27-13(2)20(12)22(3,29-21(30)17-10-25-11-26-17)15-5-6-16-14(9-15)4-7-18(23)28-16/h4-11H,1-3H3,(H2,24,27)(H,25,26)(H,29,30). The molecule has 0 saturated carbocycles. The fourth-order valence-corrected chi connectivity index (χ4v) is 4.14. The maximum Gasteiger partial charge on any atom is 0.270 e. The van der Waals surface area contributed by atoms with Gasteiger partial charge in [0.15, 0.2) is 0 Å².